The molecular weight excluding hydrogens is 324 g/mol. The van der Waals surface area contributed by atoms with Crippen molar-refractivity contribution in [2.75, 3.05) is 13.1 Å². The Labute approximate surface area is 148 Å². The highest BCUT2D eigenvalue weighted by molar-refractivity contribution is 6.30. The monoisotopic (exact) mass is 348 g/mol. The molecule has 2 N–H and O–H groups in total. The van der Waals surface area contributed by atoms with Gasteiger partial charge in [-0.1, -0.05) is 37.6 Å². The van der Waals surface area contributed by atoms with Gasteiger partial charge in [0.15, 0.2) is 5.96 Å². The molecule has 7 heteroatoms. The van der Waals surface area contributed by atoms with Crippen molar-refractivity contribution >= 4 is 17.6 Å². The third-order valence-corrected chi connectivity index (χ3v) is 3.74. The predicted molar refractivity (Wildman–Crippen MR) is 98.3 cm³/mol. The van der Waals surface area contributed by atoms with Crippen LogP contribution in [0.2, 0.25) is 5.02 Å². The summed E-state index contributed by atoms with van der Waals surface area (Å²) in [6, 6.07) is 7.77. The fraction of sp³-hybridized carbons (Fsp3) is 0.471. The normalized spacial score (nSPS) is 11.5. The number of nitrogens with zero attached hydrogens (tertiary/aromatic N) is 4. The zero-order chi connectivity index (χ0) is 17.2. The molecule has 1 aromatic carbocycles. The van der Waals surface area contributed by atoms with Gasteiger partial charge in [-0.25, -0.2) is 4.99 Å². The minimum atomic E-state index is 0.590. The molecule has 2 rings (SSSR count). The first kappa shape index (κ1) is 18.3. The largest absolute Gasteiger partial charge is 0.356 e. The molecule has 0 radical (unpaired) electrons. The highest BCUT2D eigenvalue weighted by Crippen LogP contribution is 2.11. The van der Waals surface area contributed by atoms with Crippen molar-refractivity contribution in [3.8, 4) is 0 Å². The SMILES string of the molecule is CCCNC(=NCc1cccc(Cl)c1)NCCn1cnnc1CC. The van der Waals surface area contributed by atoms with Crippen LogP contribution in [0, 0.1) is 0 Å². The van der Waals surface area contributed by atoms with E-state index in [1.54, 1.807) is 6.33 Å². The van der Waals surface area contributed by atoms with Crippen molar-refractivity contribution in [2.45, 2.75) is 39.8 Å². The summed E-state index contributed by atoms with van der Waals surface area (Å²) in [6.45, 7) is 7.25. The van der Waals surface area contributed by atoms with Crippen LogP contribution in [-0.2, 0) is 19.5 Å². The van der Waals surface area contributed by atoms with Gasteiger partial charge in [0.1, 0.15) is 12.2 Å². The highest BCUT2D eigenvalue weighted by Gasteiger charge is 2.02. The smallest absolute Gasteiger partial charge is 0.191 e. The van der Waals surface area contributed by atoms with Crippen LogP contribution in [0.3, 0.4) is 0 Å². The molecule has 0 saturated carbocycles. The average molecular weight is 349 g/mol. The van der Waals surface area contributed by atoms with Crippen LogP contribution in [0.4, 0.5) is 0 Å². The molecule has 24 heavy (non-hydrogen) atoms. The van der Waals surface area contributed by atoms with Gasteiger partial charge in [-0.3, -0.25) is 0 Å². The number of hydrogen-bond acceptors (Lipinski definition) is 3. The highest BCUT2D eigenvalue weighted by atomic mass is 35.5. The number of aliphatic imine (C=N–C) groups is 1. The Morgan fingerprint density at radius 3 is 2.83 bits per heavy atom. The molecular formula is C17H25ClN6. The maximum Gasteiger partial charge on any atom is 0.191 e. The summed E-state index contributed by atoms with van der Waals surface area (Å²) in [5, 5.41) is 15.5. The van der Waals surface area contributed by atoms with Crippen molar-refractivity contribution < 1.29 is 0 Å². The van der Waals surface area contributed by atoms with E-state index in [4.69, 9.17) is 11.6 Å². The lowest BCUT2D eigenvalue weighted by Gasteiger charge is -2.13. The third kappa shape index (κ3) is 5.85. The molecule has 0 bridgehead atoms. The van der Waals surface area contributed by atoms with Gasteiger partial charge in [-0.05, 0) is 24.1 Å². The fourth-order valence-electron chi connectivity index (χ4n) is 2.26. The molecule has 1 aromatic heterocycles. The van der Waals surface area contributed by atoms with Gasteiger partial charge in [0.2, 0.25) is 0 Å². The Morgan fingerprint density at radius 2 is 2.08 bits per heavy atom. The van der Waals surface area contributed by atoms with Crippen molar-refractivity contribution in [1.29, 1.82) is 0 Å². The van der Waals surface area contributed by atoms with E-state index in [9.17, 15) is 0 Å². The molecule has 0 spiro atoms. The molecule has 130 valence electrons. The maximum atomic E-state index is 6.02. The van der Waals surface area contributed by atoms with E-state index in [1.807, 2.05) is 24.3 Å². The molecule has 0 fully saturated rings. The van der Waals surface area contributed by atoms with Gasteiger partial charge >= 0.3 is 0 Å². The number of benzene rings is 1. The van der Waals surface area contributed by atoms with E-state index in [0.29, 0.717) is 6.54 Å². The lowest BCUT2D eigenvalue weighted by Crippen LogP contribution is -2.39. The summed E-state index contributed by atoms with van der Waals surface area (Å²) in [5.41, 5.74) is 1.09. The third-order valence-electron chi connectivity index (χ3n) is 3.51. The van der Waals surface area contributed by atoms with Gasteiger partial charge in [0.25, 0.3) is 0 Å². The number of halogens is 1. The van der Waals surface area contributed by atoms with E-state index in [1.165, 1.54) is 0 Å². The lowest BCUT2D eigenvalue weighted by atomic mass is 10.2. The number of guanidine groups is 1. The Balaban J connectivity index is 1.90. The molecule has 0 saturated heterocycles. The van der Waals surface area contributed by atoms with Crippen molar-refractivity contribution in [2.24, 2.45) is 4.99 Å². The topological polar surface area (TPSA) is 67.1 Å². The quantitative estimate of drug-likeness (QED) is 0.568. The Kier molecular flexibility index (Phi) is 7.55. The molecule has 0 unspecified atom stereocenters. The number of aryl methyl sites for hydroxylation is 1. The van der Waals surface area contributed by atoms with Gasteiger partial charge < -0.3 is 15.2 Å². The molecule has 0 atom stereocenters. The molecule has 1 heterocycles. The second-order valence-corrected chi connectivity index (χ2v) is 5.88. The summed E-state index contributed by atoms with van der Waals surface area (Å²) in [7, 11) is 0. The molecule has 2 aromatic rings. The standard InChI is InChI=1S/C17H25ClN6/c1-3-8-19-17(21-12-14-6-5-7-15(18)11-14)20-9-10-24-13-22-23-16(24)4-2/h5-7,11,13H,3-4,8-10,12H2,1-2H3,(H2,19,20,21). The van der Waals surface area contributed by atoms with E-state index in [-0.39, 0.29) is 0 Å². The maximum absolute atomic E-state index is 6.02. The zero-order valence-electron chi connectivity index (χ0n) is 14.3. The van der Waals surface area contributed by atoms with Crippen LogP contribution in [0.5, 0.6) is 0 Å². The second kappa shape index (κ2) is 9.93. The van der Waals surface area contributed by atoms with E-state index in [2.05, 4.69) is 44.2 Å². The first-order valence-electron chi connectivity index (χ1n) is 8.36. The summed E-state index contributed by atoms with van der Waals surface area (Å²) >= 11 is 6.02. The van der Waals surface area contributed by atoms with E-state index >= 15 is 0 Å². The zero-order valence-corrected chi connectivity index (χ0v) is 15.1. The molecule has 0 amide bonds. The molecule has 0 aliphatic carbocycles. The second-order valence-electron chi connectivity index (χ2n) is 5.44. The first-order chi connectivity index (χ1) is 11.7. The molecule has 0 aliphatic heterocycles. The molecule has 0 aliphatic rings. The average Bonchev–Trinajstić information content (AvgIpc) is 3.04. The van der Waals surface area contributed by atoms with Gasteiger partial charge in [0, 0.05) is 31.1 Å². The Bertz CT molecular complexity index is 652. The van der Waals surface area contributed by atoms with Gasteiger partial charge in [-0.2, -0.15) is 0 Å². The minimum absolute atomic E-state index is 0.590. The van der Waals surface area contributed by atoms with Crippen LogP contribution >= 0.6 is 11.6 Å². The molecule has 6 nitrogen and oxygen atoms in total. The van der Waals surface area contributed by atoms with Crippen molar-refractivity contribution in [3.63, 3.8) is 0 Å². The fourth-order valence-corrected chi connectivity index (χ4v) is 2.47. The van der Waals surface area contributed by atoms with Crippen molar-refractivity contribution in [3.05, 3.63) is 47.0 Å². The number of rotatable bonds is 8. The predicted octanol–water partition coefficient (Wildman–Crippen LogP) is 2.64. The number of nitrogens with one attached hydrogen (secondary N) is 2. The Morgan fingerprint density at radius 1 is 1.25 bits per heavy atom. The van der Waals surface area contributed by atoms with Gasteiger partial charge in [-0.15, -0.1) is 10.2 Å². The van der Waals surface area contributed by atoms with Crippen LogP contribution in [0.15, 0.2) is 35.6 Å². The lowest BCUT2D eigenvalue weighted by molar-refractivity contribution is 0.631. The number of aromatic nitrogens is 3. The minimum Gasteiger partial charge on any atom is -0.356 e. The number of hydrogen-bond donors (Lipinski definition) is 2. The van der Waals surface area contributed by atoms with Crippen LogP contribution in [-0.4, -0.2) is 33.8 Å². The summed E-state index contributed by atoms with van der Waals surface area (Å²) in [5.74, 6) is 1.80. The Hall–Kier alpha value is -2.08. The summed E-state index contributed by atoms with van der Waals surface area (Å²) in [6.07, 6.45) is 3.69. The van der Waals surface area contributed by atoms with Gasteiger partial charge in [0.05, 0.1) is 6.54 Å². The van der Waals surface area contributed by atoms with Crippen molar-refractivity contribution in [1.82, 2.24) is 25.4 Å². The van der Waals surface area contributed by atoms with E-state index in [0.717, 1.165) is 54.8 Å². The first-order valence-corrected chi connectivity index (χ1v) is 8.74. The van der Waals surface area contributed by atoms with Crippen LogP contribution < -0.4 is 10.6 Å². The van der Waals surface area contributed by atoms with Crippen LogP contribution in [0.25, 0.3) is 0 Å². The summed E-state index contributed by atoms with van der Waals surface area (Å²) in [4.78, 5) is 4.63. The summed E-state index contributed by atoms with van der Waals surface area (Å²) < 4.78 is 2.06. The van der Waals surface area contributed by atoms with E-state index < -0.39 is 0 Å². The van der Waals surface area contributed by atoms with Crippen LogP contribution in [0.1, 0.15) is 31.7 Å².